The van der Waals surface area contributed by atoms with Gasteiger partial charge in [-0.1, -0.05) is 0 Å². The van der Waals surface area contributed by atoms with Crippen molar-refractivity contribution in [3.63, 3.8) is 0 Å². The van der Waals surface area contributed by atoms with Crippen molar-refractivity contribution in [1.82, 2.24) is 0 Å². The Labute approximate surface area is 69.9 Å². The van der Waals surface area contributed by atoms with E-state index in [2.05, 4.69) is 0 Å². The molecule has 0 unspecified atom stereocenters. The Bertz CT molecular complexity index is 135. The third-order valence-corrected chi connectivity index (χ3v) is 2.37. The van der Waals surface area contributed by atoms with Gasteiger partial charge in [0.15, 0.2) is 0 Å². The van der Waals surface area contributed by atoms with Gasteiger partial charge in [-0.25, -0.2) is 0 Å². The Morgan fingerprint density at radius 3 is 1.50 bits per heavy atom. The topological polar surface area (TPSA) is 0 Å². The van der Waals surface area contributed by atoms with E-state index in [1.807, 2.05) is 0 Å². The molecule has 0 radical (unpaired) electrons. The van der Waals surface area contributed by atoms with Gasteiger partial charge in [-0.2, -0.15) is 32.4 Å². The Morgan fingerprint density at radius 1 is 1.10 bits per heavy atom. The van der Waals surface area contributed by atoms with Gasteiger partial charge in [0.05, 0.1) is 0 Å². The summed E-state index contributed by atoms with van der Waals surface area (Å²) in [5.41, 5.74) is -1.23. The van der Waals surface area contributed by atoms with Crippen molar-refractivity contribution in [2.24, 2.45) is 5.41 Å². The van der Waals surface area contributed by atoms with E-state index in [0.29, 0.717) is 19.3 Å². The summed E-state index contributed by atoms with van der Waals surface area (Å²) in [6.45, 7) is 0. The van der Waals surface area contributed by atoms with Crippen LogP contribution in [0.2, 0.25) is 0 Å². The summed E-state index contributed by atoms with van der Waals surface area (Å²) in [5, 5.41) is 0. The molecule has 0 saturated heterocycles. The van der Waals surface area contributed by atoms with Gasteiger partial charge in [-0.15, -0.1) is 0 Å². The minimum Gasteiger partial charge on any atom is -0.312 e. The van der Waals surface area contributed by atoms with Crippen LogP contribution in [0.3, 0.4) is 0 Å². The molecule has 0 aliphatic heterocycles. The first kappa shape index (κ1) is 8.51. The van der Waals surface area contributed by atoms with Crippen LogP contribution in [0.1, 0.15) is 19.3 Å². The Kier molecular flexibility index (Phi) is 1.67. The normalized spacial score (nSPS) is 27.9. The monoisotopic (exact) mass is 199 g/mol. The van der Waals surface area contributed by atoms with Crippen molar-refractivity contribution in [2.75, 3.05) is 0 Å². The average molecular weight is 200 g/mol. The first-order valence-corrected chi connectivity index (χ1v) is 2.94. The standard InChI is InChI=1S/C6H6F3.Zn/c7-6(8,9)5-1-4(2-5)3-5;/h1-3H2;/q-1;. The second-order valence-corrected chi connectivity index (χ2v) is 3.06. The smallest absolute Gasteiger partial charge is 0.312 e. The minimum absolute atomic E-state index is 0. The maximum Gasteiger partial charge on any atom is 0.387 e. The van der Waals surface area contributed by atoms with E-state index in [4.69, 9.17) is 0 Å². The van der Waals surface area contributed by atoms with Crippen LogP contribution < -0.4 is 0 Å². The second-order valence-electron chi connectivity index (χ2n) is 3.06. The van der Waals surface area contributed by atoms with Crippen LogP contribution in [0.25, 0.3) is 0 Å². The van der Waals surface area contributed by atoms with E-state index in [1.165, 1.54) is 0 Å². The molecule has 0 amide bonds. The quantitative estimate of drug-likeness (QED) is 0.416. The molecule has 3 aliphatic rings. The first-order chi connectivity index (χ1) is 4.04. The predicted molar refractivity (Wildman–Crippen MR) is 25.6 cm³/mol. The Hall–Kier alpha value is 0.413. The summed E-state index contributed by atoms with van der Waals surface area (Å²) in [7, 11) is 0. The van der Waals surface area contributed by atoms with Gasteiger partial charge in [0, 0.05) is 19.5 Å². The fourth-order valence-electron chi connectivity index (χ4n) is 1.58. The summed E-state index contributed by atoms with van der Waals surface area (Å²) in [4.78, 5) is 0. The van der Waals surface area contributed by atoms with Gasteiger partial charge >= 0.3 is 6.18 Å². The first-order valence-electron chi connectivity index (χ1n) is 2.94. The second kappa shape index (κ2) is 1.97. The zero-order valence-corrected chi connectivity index (χ0v) is 8.43. The van der Waals surface area contributed by atoms with Crippen molar-refractivity contribution in [3.8, 4) is 0 Å². The number of rotatable bonds is 0. The summed E-state index contributed by atoms with van der Waals surface area (Å²) in [6, 6.07) is 0. The Balaban J connectivity index is 0.000000500. The summed E-state index contributed by atoms with van der Waals surface area (Å²) < 4.78 is 35.7. The fourth-order valence-corrected chi connectivity index (χ4v) is 1.58. The molecule has 0 aromatic carbocycles. The molecule has 0 aromatic heterocycles. The zero-order valence-electron chi connectivity index (χ0n) is 5.46. The van der Waals surface area contributed by atoms with Crippen molar-refractivity contribution >= 4 is 0 Å². The molecule has 0 heterocycles. The van der Waals surface area contributed by atoms with Gasteiger partial charge in [-0.3, -0.25) is 0 Å². The maximum absolute atomic E-state index is 11.9. The molecule has 0 aromatic rings. The van der Waals surface area contributed by atoms with Gasteiger partial charge in [0.25, 0.3) is 0 Å². The van der Waals surface area contributed by atoms with Crippen molar-refractivity contribution in [1.29, 1.82) is 0 Å². The molecular weight excluding hydrogens is 194 g/mol. The maximum atomic E-state index is 11.9. The zero-order chi connectivity index (χ0) is 6.70. The van der Waals surface area contributed by atoms with Crippen LogP contribution in [-0.2, 0) is 19.5 Å². The number of hydrogen-bond acceptors (Lipinski definition) is 0. The van der Waals surface area contributed by atoms with E-state index in [1.54, 1.807) is 0 Å². The van der Waals surface area contributed by atoms with Crippen LogP contribution >= 0.6 is 0 Å². The molecule has 0 N–H and O–H groups in total. The number of alkyl halides is 3. The van der Waals surface area contributed by atoms with Gasteiger partial charge in [0.2, 0.25) is 0 Å². The Morgan fingerprint density at radius 2 is 1.50 bits per heavy atom. The van der Waals surface area contributed by atoms with Crippen molar-refractivity contribution in [2.45, 2.75) is 25.4 Å². The molecule has 3 saturated carbocycles. The largest absolute Gasteiger partial charge is 0.387 e. The molecule has 54 valence electrons. The SMILES string of the molecule is FC(F)(F)C12C[C-](C1)C2.[Zn]. The molecule has 10 heavy (non-hydrogen) atoms. The molecule has 3 aliphatic carbocycles. The molecule has 0 atom stereocenters. The number of halogens is 3. The molecule has 3 fully saturated rings. The van der Waals surface area contributed by atoms with Crippen molar-refractivity contribution in [3.05, 3.63) is 5.92 Å². The van der Waals surface area contributed by atoms with Gasteiger partial charge in [-0.05, 0) is 5.41 Å². The van der Waals surface area contributed by atoms with Crippen molar-refractivity contribution < 1.29 is 32.6 Å². The summed E-state index contributed by atoms with van der Waals surface area (Å²) in [6.07, 6.45) is -2.93. The molecular formula is C6H6F3Zn-. The van der Waals surface area contributed by atoms with E-state index < -0.39 is 11.6 Å². The van der Waals surface area contributed by atoms with Gasteiger partial charge < -0.3 is 5.92 Å². The van der Waals surface area contributed by atoms with Crippen LogP contribution in [0, 0.1) is 11.3 Å². The van der Waals surface area contributed by atoms with Gasteiger partial charge in [0.1, 0.15) is 0 Å². The summed E-state index contributed by atoms with van der Waals surface area (Å²) in [5.74, 6) is 1.10. The van der Waals surface area contributed by atoms with E-state index in [9.17, 15) is 13.2 Å². The summed E-state index contributed by atoms with van der Waals surface area (Å²) >= 11 is 0. The average Bonchev–Trinajstić information content (AvgIpc) is 1.08. The fraction of sp³-hybridized carbons (Fsp3) is 0.833. The molecule has 3 rings (SSSR count). The predicted octanol–water partition coefficient (Wildman–Crippen LogP) is 2.30. The number of hydrogen-bond donors (Lipinski definition) is 0. The molecule has 4 heteroatoms. The van der Waals surface area contributed by atoms with Crippen LogP contribution in [-0.4, -0.2) is 6.18 Å². The third kappa shape index (κ3) is 0.776. The molecule has 0 nitrogen and oxygen atoms in total. The van der Waals surface area contributed by atoms with E-state index in [-0.39, 0.29) is 19.5 Å². The van der Waals surface area contributed by atoms with Crippen LogP contribution in [0.15, 0.2) is 0 Å². The van der Waals surface area contributed by atoms with Crippen LogP contribution in [0.4, 0.5) is 13.2 Å². The molecule has 0 spiro atoms. The minimum atomic E-state index is -3.92. The van der Waals surface area contributed by atoms with E-state index >= 15 is 0 Å². The third-order valence-electron chi connectivity index (χ3n) is 2.37. The van der Waals surface area contributed by atoms with Crippen LogP contribution in [0.5, 0.6) is 0 Å². The van der Waals surface area contributed by atoms with E-state index in [0.717, 1.165) is 5.92 Å². The molecule has 2 bridgehead atoms.